The largest absolute Gasteiger partial charge is 0.256 e. The Kier molecular flexibility index (Phi) is 2.84. The summed E-state index contributed by atoms with van der Waals surface area (Å²) < 4.78 is 0.701. The van der Waals surface area contributed by atoms with E-state index in [4.69, 9.17) is 10.5 Å². The summed E-state index contributed by atoms with van der Waals surface area (Å²) in [6, 6.07) is 4.09. The van der Waals surface area contributed by atoms with Crippen LogP contribution in [0.1, 0.15) is 22.5 Å². The van der Waals surface area contributed by atoms with Crippen LogP contribution in [0.25, 0.3) is 0 Å². The van der Waals surface area contributed by atoms with Gasteiger partial charge in [-0.25, -0.2) is 0 Å². The lowest BCUT2D eigenvalue weighted by Gasteiger charge is -2.04. The molecule has 1 aromatic heterocycles. The molecule has 64 valence electrons. The number of aryl methyl sites for hydroxylation is 2. The van der Waals surface area contributed by atoms with Gasteiger partial charge in [-0.2, -0.15) is 10.5 Å². The lowest BCUT2D eigenvalue weighted by molar-refractivity contribution is 1.08. The van der Waals surface area contributed by atoms with Crippen LogP contribution >= 0.6 is 22.6 Å². The van der Waals surface area contributed by atoms with Gasteiger partial charge >= 0.3 is 0 Å². The van der Waals surface area contributed by atoms with Crippen LogP contribution in [0.4, 0.5) is 0 Å². The fourth-order valence-electron chi connectivity index (χ4n) is 1.07. The quantitative estimate of drug-likeness (QED) is 0.684. The normalized spacial score (nSPS) is 9.00. The van der Waals surface area contributed by atoms with Crippen LogP contribution in [-0.2, 0) is 0 Å². The highest BCUT2D eigenvalue weighted by molar-refractivity contribution is 14.1. The molecule has 0 spiro atoms. The van der Waals surface area contributed by atoms with Crippen LogP contribution in [0.5, 0.6) is 0 Å². The molecule has 1 heterocycles. The molecule has 0 saturated heterocycles. The molecule has 0 aromatic carbocycles. The van der Waals surface area contributed by atoms with Crippen molar-refractivity contribution >= 4 is 22.6 Å². The Morgan fingerprint density at radius 2 is 1.46 bits per heavy atom. The second-order valence-corrected chi connectivity index (χ2v) is 3.65. The van der Waals surface area contributed by atoms with Gasteiger partial charge in [0, 0.05) is 0 Å². The Morgan fingerprint density at radius 1 is 1.08 bits per heavy atom. The lowest BCUT2D eigenvalue weighted by atomic mass is 10.1. The van der Waals surface area contributed by atoms with Gasteiger partial charge in [0.2, 0.25) is 0 Å². The molecule has 0 aliphatic rings. The van der Waals surface area contributed by atoms with Crippen LogP contribution < -0.4 is 0 Å². The van der Waals surface area contributed by atoms with Crippen molar-refractivity contribution in [1.29, 1.82) is 10.5 Å². The van der Waals surface area contributed by atoms with Crippen LogP contribution in [0.3, 0.4) is 0 Å². The maximum absolute atomic E-state index is 8.81. The Labute approximate surface area is 90.2 Å². The summed E-state index contributed by atoms with van der Waals surface area (Å²) in [4.78, 5) is 4.13. The van der Waals surface area contributed by atoms with Crippen molar-refractivity contribution in [3.8, 4) is 12.1 Å². The average molecular weight is 283 g/mol. The van der Waals surface area contributed by atoms with E-state index in [-0.39, 0.29) is 0 Å². The van der Waals surface area contributed by atoms with Gasteiger partial charge in [-0.05, 0) is 36.4 Å². The number of pyridine rings is 1. The summed E-state index contributed by atoms with van der Waals surface area (Å²) >= 11 is 2.01. The molecular formula is C9H6IN3. The number of nitrogens with zero attached hydrogens (tertiary/aromatic N) is 3. The minimum atomic E-state index is 0.503. The molecule has 0 saturated carbocycles. The molecule has 0 radical (unpaired) electrons. The highest BCUT2D eigenvalue weighted by Gasteiger charge is 2.12. The fourth-order valence-corrected chi connectivity index (χ4v) is 2.09. The third-order valence-electron chi connectivity index (χ3n) is 1.72. The molecule has 0 unspecified atom stereocenters. The van der Waals surface area contributed by atoms with Gasteiger partial charge in [0.25, 0.3) is 0 Å². The van der Waals surface area contributed by atoms with Crippen LogP contribution in [0.15, 0.2) is 0 Å². The van der Waals surface area contributed by atoms with Crippen LogP contribution in [0.2, 0.25) is 0 Å². The molecule has 3 nitrogen and oxygen atoms in total. The second-order valence-electron chi connectivity index (χ2n) is 2.57. The van der Waals surface area contributed by atoms with Crippen molar-refractivity contribution in [3.63, 3.8) is 0 Å². The van der Waals surface area contributed by atoms with E-state index in [1.54, 1.807) is 13.8 Å². The third kappa shape index (κ3) is 1.63. The summed E-state index contributed by atoms with van der Waals surface area (Å²) in [6.45, 7) is 3.55. The van der Waals surface area contributed by atoms with Crippen molar-refractivity contribution in [2.75, 3.05) is 0 Å². The molecule has 0 aliphatic heterocycles. The van der Waals surface area contributed by atoms with Crippen molar-refractivity contribution in [1.82, 2.24) is 4.98 Å². The van der Waals surface area contributed by atoms with Crippen LogP contribution in [0, 0.1) is 40.1 Å². The van der Waals surface area contributed by atoms with Crippen LogP contribution in [-0.4, -0.2) is 4.98 Å². The number of aromatic nitrogens is 1. The number of halogens is 1. The molecule has 1 rings (SSSR count). The Morgan fingerprint density at radius 3 is 1.77 bits per heavy atom. The zero-order valence-corrected chi connectivity index (χ0v) is 9.38. The van der Waals surface area contributed by atoms with E-state index < -0.39 is 0 Å². The zero-order chi connectivity index (χ0) is 10.0. The molecule has 13 heavy (non-hydrogen) atoms. The summed E-state index contributed by atoms with van der Waals surface area (Å²) in [5.74, 6) is 0. The molecule has 0 bridgehead atoms. The predicted molar refractivity (Wildman–Crippen MR) is 55.9 cm³/mol. The highest BCUT2D eigenvalue weighted by Crippen LogP contribution is 2.20. The van der Waals surface area contributed by atoms with E-state index >= 15 is 0 Å². The van der Waals surface area contributed by atoms with Crippen molar-refractivity contribution in [3.05, 3.63) is 26.1 Å². The minimum absolute atomic E-state index is 0.503. The SMILES string of the molecule is Cc1nc(C)c(C#N)c(I)c1C#N. The molecule has 4 heteroatoms. The number of rotatable bonds is 0. The molecule has 1 aromatic rings. The highest BCUT2D eigenvalue weighted by atomic mass is 127. The monoisotopic (exact) mass is 283 g/mol. The first-order valence-electron chi connectivity index (χ1n) is 3.58. The zero-order valence-electron chi connectivity index (χ0n) is 7.22. The maximum Gasteiger partial charge on any atom is 0.102 e. The fraction of sp³-hybridized carbons (Fsp3) is 0.222. The summed E-state index contributed by atoms with van der Waals surface area (Å²) in [7, 11) is 0. The first kappa shape index (κ1) is 9.94. The van der Waals surface area contributed by atoms with E-state index in [9.17, 15) is 0 Å². The van der Waals surface area contributed by atoms with Crippen molar-refractivity contribution < 1.29 is 0 Å². The maximum atomic E-state index is 8.81. The van der Waals surface area contributed by atoms with Crippen molar-refractivity contribution in [2.45, 2.75) is 13.8 Å². The summed E-state index contributed by atoms with van der Waals surface area (Å²) in [5, 5.41) is 17.6. The van der Waals surface area contributed by atoms with Gasteiger partial charge in [0.15, 0.2) is 0 Å². The first-order chi connectivity index (χ1) is 6.11. The summed E-state index contributed by atoms with van der Waals surface area (Å²) in [6.07, 6.45) is 0. The van der Waals surface area contributed by atoms with Gasteiger partial charge in [0.05, 0.1) is 26.1 Å². The summed E-state index contributed by atoms with van der Waals surface area (Å²) in [5.41, 5.74) is 2.37. The van der Waals surface area contributed by atoms with E-state index in [1.807, 2.05) is 34.7 Å². The first-order valence-corrected chi connectivity index (χ1v) is 4.66. The van der Waals surface area contributed by atoms with E-state index in [0.29, 0.717) is 26.1 Å². The van der Waals surface area contributed by atoms with E-state index in [1.165, 1.54) is 0 Å². The molecule has 0 fully saturated rings. The average Bonchev–Trinajstić information content (AvgIpc) is 2.04. The van der Waals surface area contributed by atoms with Gasteiger partial charge in [-0.1, -0.05) is 0 Å². The number of hydrogen-bond acceptors (Lipinski definition) is 3. The molecule has 0 aliphatic carbocycles. The number of nitriles is 2. The molecular weight excluding hydrogens is 277 g/mol. The minimum Gasteiger partial charge on any atom is -0.256 e. The smallest absolute Gasteiger partial charge is 0.102 e. The van der Waals surface area contributed by atoms with Gasteiger partial charge in [-0.15, -0.1) is 0 Å². The molecule has 0 amide bonds. The van der Waals surface area contributed by atoms with Gasteiger partial charge in [0.1, 0.15) is 12.1 Å². The van der Waals surface area contributed by atoms with E-state index in [0.717, 1.165) is 0 Å². The third-order valence-corrected chi connectivity index (χ3v) is 2.80. The van der Waals surface area contributed by atoms with Crippen molar-refractivity contribution in [2.24, 2.45) is 0 Å². The van der Waals surface area contributed by atoms with Gasteiger partial charge < -0.3 is 0 Å². The topological polar surface area (TPSA) is 60.5 Å². The molecule has 0 atom stereocenters. The standard InChI is InChI=1S/C9H6IN3/c1-5-7(3-11)9(10)8(4-12)6(2)13-5/h1-2H3. The van der Waals surface area contributed by atoms with E-state index in [2.05, 4.69) is 4.98 Å². The number of hydrogen-bond donors (Lipinski definition) is 0. The Hall–Kier alpha value is -1.14. The predicted octanol–water partition coefficient (Wildman–Crippen LogP) is 2.05. The Balaban J connectivity index is 3.63. The van der Waals surface area contributed by atoms with Gasteiger partial charge in [-0.3, -0.25) is 4.98 Å². The molecule has 0 N–H and O–H groups in total. The Bertz CT molecular complexity index is 399. The second kappa shape index (κ2) is 3.71. The lowest BCUT2D eigenvalue weighted by Crippen LogP contribution is -2.00.